The largest absolute Gasteiger partial charge is 0.394 e. The van der Waals surface area contributed by atoms with Crippen LogP contribution >= 0.6 is 0 Å². The zero-order valence-corrected chi connectivity index (χ0v) is 19.4. The zero-order valence-electron chi connectivity index (χ0n) is 18.6. The molecule has 2 aliphatic rings. The highest BCUT2D eigenvalue weighted by molar-refractivity contribution is 7.89. The topological polar surface area (TPSA) is 73.7 Å². The summed E-state index contributed by atoms with van der Waals surface area (Å²) in [7, 11) is -2.03. The van der Waals surface area contributed by atoms with Crippen molar-refractivity contribution in [2.75, 3.05) is 25.1 Å². The molecule has 0 spiro atoms. The molecule has 2 aromatic carbocycles. The lowest BCUT2D eigenvalue weighted by atomic mass is 9.82. The summed E-state index contributed by atoms with van der Waals surface area (Å²) < 4.78 is 42.5. The minimum atomic E-state index is -3.94. The van der Waals surface area contributed by atoms with Gasteiger partial charge in [0.25, 0.3) is 0 Å². The molecular weight excluding hydrogens is 453 g/mol. The van der Waals surface area contributed by atoms with E-state index in [2.05, 4.69) is 16.8 Å². The third-order valence-electron chi connectivity index (χ3n) is 6.72. The van der Waals surface area contributed by atoms with Crippen LogP contribution in [0.1, 0.15) is 29.2 Å². The van der Waals surface area contributed by atoms with Gasteiger partial charge in [-0.05, 0) is 60.5 Å². The highest BCUT2D eigenvalue weighted by atomic mass is 32.2. The summed E-state index contributed by atoms with van der Waals surface area (Å²) in [6, 6.07) is 13.8. The minimum absolute atomic E-state index is 0.0679. The molecule has 2 aliphatic heterocycles. The molecule has 6 nitrogen and oxygen atoms in total. The SMILES string of the molecule is CN1c2ccc(C#Cc3cccnc3)cc2[C@H]2[C@H](CCN2S(=O)(=O)c2cccc(F)c2)[C@@H]1CO. The molecule has 0 radical (unpaired) electrons. The van der Waals surface area contributed by atoms with Crippen molar-refractivity contribution < 1.29 is 17.9 Å². The van der Waals surface area contributed by atoms with Crippen LogP contribution < -0.4 is 4.90 Å². The van der Waals surface area contributed by atoms with Crippen molar-refractivity contribution >= 4 is 15.7 Å². The maximum absolute atomic E-state index is 13.9. The van der Waals surface area contributed by atoms with Crippen LogP contribution in [0.2, 0.25) is 0 Å². The molecule has 3 heterocycles. The van der Waals surface area contributed by atoms with Gasteiger partial charge in [0, 0.05) is 48.7 Å². The van der Waals surface area contributed by atoms with E-state index in [0.717, 1.165) is 28.4 Å². The molecule has 34 heavy (non-hydrogen) atoms. The van der Waals surface area contributed by atoms with E-state index in [-0.39, 0.29) is 23.5 Å². The first-order valence-corrected chi connectivity index (χ1v) is 12.5. The molecule has 0 unspecified atom stereocenters. The number of hydrogen-bond donors (Lipinski definition) is 1. The molecular formula is C26H24FN3O3S. The van der Waals surface area contributed by atoms with Gasteiger partial charge < -0.3 is 10.0 Å². The molecule has 1 aromatic heterocycles. The molecule has 5 rings (SSSR count). The number of likely N-dealkylation sites (N-methyl/N-ethyl adjacent to an activating group) is 1. The van der Waals surface area contributed by atoms with Crippen LogP contribution in [-0.2, 0) is 10.0 Å². The molecule has 0 aliphatic carbocycles. The van der Waals surface area contributed by atoms with Gasteiger partial charge in [0.2, 0.25) is 10.0 Å². The fourth-order valence-electron chi connectivity index (χ4n) is 5.10. The van der Waals surface area contributed by atoms with Gasteiger partial charge in [-0.2, -0.15) is 4.31 Å². The van der Waals surface area contributed by atoms with Gasteiger partial charge >= 0.3 is 0 Å². The molecule has 0 saturated carbocycles. The van der Waals surface area contributed by atoms with Crippen LogP contribution in [0.4, 0.5) is 10.1 Å². The van der Waals surface area contributed by atoms with Gasteiger partial charge in [-0.25, -0.2) is 12.8 Å². The van der Waals surface area contributed by atoms with Crippen molar-refractivity contribution in [3.8, 4) is 11.8 Å². The Bertz CT molecular complexity index is 1390. The van der Waals surface area contributed by atoms with E-state index in [4.69, 9.17) is 0 Å². The molecule has 1 saturated heterocycles. The lowest BCUT2D eigenvalue weighted by Gasteiger charge is -2.44. The second-order valence-electron chi connectivity index (χ2n) is 8.60. The first-order valence-electron chi connectivity index (χ1n) is 11.1. The second-order valence-corrected chi connectivity index (χ2v) is 10.5. The van der Waals surface area contributed by atoms with Crippen molar-refractivity contribution in [2.45, 2.75) is 23.4 Å². The third kappa shape index (κ3) is 3.86. The molecule has 0 bridgehead atoms. The summed E-state index contributed by atoms with van der Waals surface area (Å²) in [5.74, 6) is 5.54. The Morgan fingerprint density at radius 3 is 2.68 bits per heavy atom. The number of halogens is 1. The van der Waals surface area contributed by atoms with Crippen LogP contribution in [0.3, 0.4) is 0 Å². The maximum Gasteiger partial charge on any atom is 0.243 e. The summed E-state index contributed by atoms with van der Waals surface area (Å²) in [5, 5.41) is 10.2. The van der Waals surface area contributed by atoms with E-state index in [1.165, 1.54) is 22.5 Å². The quantitative estimate of drug-likeness (QED) is 0.587. The van der Waals surface area contributed by atoms with Crippen molar-refractivity contribution in [1.82, 2.24) is 9.29 Å². The Balaban J connectivity index is 1.60. The van der Waals surface area contributed by atoms with Crippen LogP contribution in [-0.4, -0.2) is 49.1 Å². The molecule has 1 N–H and O–H groups in total. The van der Waals surface area contributed by atoms with Crippen molar-refractivity contribution in [1.29, 1.82) is 0 Å². The Kier molecular flexibility index (Phi) is 5.86. The van der Waals surface area contributed by atoms with E-state index in [1.54, 1.807) is 12.4 Å². The van der Waals surface area contributed by atoms with E-state index in [0.29, 0.717) is 13.0 Å². The van der Waals surface area contributed by atoms with Crippen LogP contribution in [0.5, 0.6) is 0 Å². The van der Waals surface area contributed by atoms with Gasteiger partial charge in [-0.3, -0.25) is 4.98 Å². The van der Waals surface area contributed by atoms with Crippen molar-refractivity contribution in [3.63, 3.8) is 0 Å². The van der Waals surface area contributed by atoms with Gasteiger partial charge in [0.1, 0.15) is 5.82 Å². The first kappa shape index (κ1) is 22.5. The van der Waals surface area contributed by atoms with Crippen LogP contribution in [0, 0.1) is 23.6 Å². The third-order valence-corrected chi connectivity index (χ3v) is 8.60. The number of aliphatic hydroxyl groups is 1. The predicted octanol–water partition coefficient (Wildman–Crippen LogP) is 3.18. The zero-order chi connectivity index (χ0) is 23.9. The number of nitrogens with zero attached hydrogens (tertiary/aromatic N) is 3. The van der Waals surface area contributed by atoms with Crippen molar-refractivity contribution in [2.24, 2.45) is 5.92 Å². The van der Waals surface area contributed by atoms with Gasteiger partial charge in [-0.1, -0.05) is 17.9 Å². The fraction of sp³-hybridized carbons (Fsp3) is 0.269. The summed E-state index contributed by atoms with van der Waals surface area (Å²) in [4.78, 5) is 6.03. The molecule has 3 atom stereocenters. The Hall–Kier alpha value is -3.25. The van der Waals surface area contributed by atoms with E-state index >= 15 is 0 Å². The highest BCUT2D eigenvalue weighted by Gasteiger charge is 2.50. The first-order chi connectivity index (χ1) is 16.4. The van der Waals surface area contributed by atoms with E-state index in [9.17, 15) is 17.9 Å². The number of hydrogen-bond acceptors (Lipinski definition) is 5. The number of anilines is 1. The Morgan fingerprint density at radius 2 is 1.94 bits per heavy atom. The number of fused-ring (bicyclic) bond motifs is 3. The smallest absolute Gasteiger partial charge is 0.243 e. The maximum atomic E-state index is 13.9. The number of sulfonamides is 1. The fourth-order valence-corrected chi connectivity index (χ4v) is 6.80. The summed E-state index contributed by atoms with van der Waals surface area (Å²) >= 11 is 0. The molecule has 174 valence electrons. The summed E-state index contributed by atoms with van der Waals surface area (Å²) in [6.45, 7) is 0.205. The average molecular weight is 478 g/mol. The lowest BCUT2D eigenvalue weighted by molar-refractivity contribution is 0.193. The average Bonchev–Trinajstić information content (AvgIpc) is 3.30. The number of benzene rings is 2. The molecule has 0 amide bonds. The van der Waals surface area contributed by atoms with E-state index < -0.39 is 21.9 Å². The Labute approximate surface area is 198 Å². The van der Waals surface area contributed by atoms with Crippen LogP contribution in [0.25, 0.3) is 0 Å². The minimum Gasteiger partial charge on any atom is -0.394 e. The number of pyridine rings is 1. The van der Waals surface area contributed by atoms with E-state index in [1.807, 2.05) is 42.3 Å². The number of aliphatic hydroxyl groups excluding tert-OH is 1. The molecule has 8 heteroatoms. The van der Waals surface area contributed by atoms with Gasteiger partial charge in [0.15, 0.2) is 0 Å². The van der Waals surface area contributed by atoms with Crippen molar-refractivity contribution in [3.05, 3.63) is 89.5 Å². The summed E-state index contributed by atoms with van der Waals surface area (Å²) in [5.41, 5.74) is 3.24. The number of rotatable bonds is 3. The summed E-state index contributed by atoms with van der Waals surface area (Å²) in [6.07, 6.45) is 3.97. The Morgan fingerprint density at radius 1 is 1.12 bits per heavy atom. The van der Waals surface area contributed by atoms with Crippen LogP contribution in [0.15, 0.2) is 71.9 Å². The van der Waals surface area contributed by atoms with Gasteiger partial charge in [0.05, 0.1) is 23.6 Å². The standard InChI is InChI=1S/C26H24FN3O3S/c1-29-24-10-9-18(7-8-19-4-3-12-28-16-19)14-23(24)26-22(25(29)17-31)11-13-30(26)34(32,33)21-6-2-5-20(27)15-21/h2-6,9-10,12,14-16,22,25-26,31H,11,13,17H2,1H3/t22-,25+,26-/m1/s1. The second kappa shape index (κ2) is 8.84. The predicted molar refractivity (Wildman–Crippen MR) is 127 cm³/mol. The number of aromatic nitrogens is 1. The molecule has 1 fully saturated rings. The van der Waals surface area contributed by atoms with Gasteiger partial charge in [-0.15, -0.1) is 0 Å². The normalized spacial score (nSPS) is 22.0. The molecule has 3 aromatic rings. The monoisotopic (exact) mass is 477 g/mol. The highest BCUT2D eigenvalue weighted by Crippen LogP contribution is 2.50. The lowest BCUT2D eigenvalue weighted by Crippen LogP contribution is -2.48.